The highest BCUT2D eigenvalue weighted by Gasteiger charge is 2.36. The third kappa shape index (κ3) is 2.86. The van der Waals surface area contributed by atoms with Crippen LogP contribution >= 0.6 is 0 Å². The summed E-state index contributed by atoms with van der Waals surface area (Å²) in [6.07, 6.45) is 5.02. The minimum atomic E-state index is -0.0155. The molecule has 0 aliphatic heterocycles. The Morgan fingerprint density at radius 3 is 2.80 bits per heavy atom. The van der Waals surface area contributed by atoms with Crippen LogP contribution < -0.4 is 0 Å². The Morgan fingerprint density at radius 2 is 2.12 bits per heavy atom. The van der Waals surface area contributed by atoms with E-state index in [2.05, 4.69) is 32.0 Å². The number of hydrogen-bond acceptors (Lipinski definition) is 3. The summed E-state index contributed by atoms with van der Waals surface area (Å²) in [5.41, 5.74) is 6.33. The van der Waals surface area contributed by atoms with Crippen LogP contribution in [-0.2, 0) is 12.8 Å². The molecule has 1 aromatic carbocycles. The van der Waals surface area contributed by atoms with Crippen LogP contribution in [-0.4, -0.2) is 44.9 Å². The number of nitrogens with zero attached hydrogens (tertiary/aromatic N) is 3. The van der Waals surface area contributed by atoms with Crippen LogP contribution in [0, 0.1) is 13.8 Å². The Kier molecular flexibility index (Phi) is 4.12. The summed E-state index contributed by atoms with van der Waals surface area (Å²) in [5.74, 6) is -0.0155. The molecular formula is C20H25N3O2. The highest BCUT2D eigenvalue weighted by atomic mass is 16.3. The standard InChI is InChI=1S/C20H25N3O2/c1-13-6-9-17(14(2)12-13)23-18-5-3-4-16(18)19(21-23)20(25)22(10-11-24)15-7-8-15/h6,9,12,15,24H,3-5,7-8,10-11H2,1-2H3. The van der Waals surface area contributed by atoms with Crippen molar-refractivity contribution in [3.8, 4) is 5.69 Å². The largest absolute Gasteiger partial charge is 0.395 e. The van der Waals surface area contributed by atoms with Gasteiger partial charge in [0.2, 0.25) is 0 Å². The summed E-state index contributed by atoms with van der Waals surface area (Å²) in [4.78, 5) is 14.9. The Balaban J connectivity index is 1.76. The molecule has 2 aliphatic rings. The molecule has 1 heterocycles. The van der Waals surface area contributed by atoms with E-state index in [-0.39, 0.29) is 18.6 Å². The fourth-order valence-electron chi connectivity index (χ4n) is 3.93. The maximum atomic E-state index is 13.1. The minimum Gasteiger partial charge on any atom is -0.395 e. The smallest absolute Gasteiger partial charge is 0.274 e. The lowest BCUT2D eigenvalue weighted by Gasteiger charge is -2.20. The fourth-order valence-corrected chi connectivity index (χ4v) is 3.93. The molecule has 0 saturated heterocycles. The van der Waals surface area contributed by atoms with Gasteiger partial charge in [-0.15, -0.1) is 0 Å². The normalized spacial score (nSPS) is 16.1. The average Bonchev–Trinajstić information content (AvgIpc) is 3.19. The molecule has 5 nitrogen and oxygen atoms in total. The van der Waals surface area contributed by atoms with Crippen molar-refractivity contribution in [2.45, 2.75) is 52.0 Å². The molecule has 2 aliphatic carbocycles. The van der Waals surface area contributed by atoms with E-state index in [1.807, 2.05) is 9.58 Å². The number of aliphatic hydroxyl groups excluding tert-OH is 1. The van der Waals surface area contributed by atoms with Crippen LogP contribution in [0.3, 0.4) is 0 Å². The van der Waals surface area contributed by atoms with E-state index in [4.69, 9.17) is 5.10 Å². The SMILES string of the molecule is Cc1ccc(-n2nc(C(=O)N(CCO)C3CC3)c3c2CCC3)c(C)c1. The van der Waals surface area contributed by atoms with Crippen molar-refractivity contribution >= 4 is 5.91 Å². The Morgan fingerprint density at radius 1 is 1.32 bits per heavy atom. The zero-order valence-electron chi connectivity index (χ0n) is 15.0. The first kappa shape index (κ1) is 16.3. The van der Waals surface area contributed by atoms with Crippen molar-refractivity contribution in [3.63, 3.8) is 0 Å². The van der Waals surface area contributed by atoms with E-state index < -0.39 is 0 Å². The molecule has 4 rings (SSSR count). The number of amides is 1. The number of carbonyl (C=O) groups excluding carboxylic acids is 1. The van der Waals surface area contributed by atoms with Gasteiger partial charge in [0.25, 0.3) is 5.91 Å². The lowest BCUT2D eigenvalue weighted by atomic mass is 10.1. The van der Waals surface area contributed by atoms with Crippen molar-refractivity contribution in [2.24, 2.45) is 0 Å². The van der Waals surface area contributed by atoms with Crippen molar-refractivity contribution in [1.82, 2.24) is 14.7 Å². The Hall–Kier alpha value is -2.14. The second kappa shape index (κ2) is 6.30. The highest BCUT2D eigenvalue weighted by Crippen LogP contribution is 2.32. The maximum Gasteiger partial charge on any atom is 0.274 e. The second-order valence-electron chi connectivity index (χ2n) is 7.28. The minimum absolute atomic E-state index is 0.00219. The van der Waals surface area contributed by atoms with Crippen LogP contribution in [0.15, 0.2) is 18.2 Å². The molecular weight excluding hydrogens is 314 g/mol. The summed E-state index contributed by atoms with van der Waals surface area (Å²) in [7, 11) is 0. The van der Waals surface area contributed by atoms with Crippen molar-refractivity contribution in [1.29, 1.82) is 0 Å². The van der Waals surface area contributed by atoms with Gasteiger partial charge in [-0.05, 0) is 57.6 Å². The molecule has 2 aromatic rings. The van der Waals surface area contributed by atoms with Crippen LogP contribution in [0.1, 0.15) is 52.1 Å². The zero-order valence-corrected chi connectivity index (χ0v) is 15.0. The molecule has 0 bridgehead atoms. The molecule has 0 spiro atoms. The topological polar surface area (TPSA) is 58.4 Å². The van der Waals surface area contributed by atoms with Gasteiger partial charge in [0, 0.05) is 23.8 Å². The molecule has 25 heavy (non-hydrogen) atoms. The number of aryl methyl sites for hydroxylation is 2. The maximum absolute atomic E-state index is 13.1. The van der Waals surface area contributed by atoms with Crippen molar-refractivity contribution in [3.05, 3.63) is 46.3 Å². The molecule has 1 amide bonds. The summed E-state index contributed by atoms with van der Waals surface area (Å²) >= 11 is 0. The summed E-state index contributed by atoms with van der Waals surface area (Å²) in [6.45, 7) is 4.58. The van der Waals surface area contributed by atoms with Crippen LogP contribution in [0.25, 0.3) is 5.69 Å². The molecule has 1 N–H and O–H groups in total. The summed E-state index contributed by atoms with van der Waals surface area (Å²) in [6, 6.07) is 6.62. The monoisotopic (exact) mass is 339 g/mol. The Bertz CT molecular complexity index is 821. The van der Waals surface area contributed by atoms with E-state index in [0.29, 0.717) is 12.2 Å². The van der Waals surface area contributed by atoms with E-state index >= 15 is 0 Å². The summed E-state index contributed by atoms with van der Waals surface area (Å²) < 4.78 is 1.98. The number of aliphatic hydroxyl groups is 1. The first-order chi connectivity index (χ1) is 12.1. The summed E-state index contributed by atoms with van der Waals surface area (Å²) in [5, 5.41) is 14.1. The Labute approximate surface area is 148 Å². The molecule has 1 fully saturated rings. The van der Waals surface area contributed by atoms with Crippen molar-refractivity contribution < 1.29 is 9.90 Å². The predicted molar refractivity (Wildman–Crippen MR) is 96.2 cm³/mol. The molecule has 1 aromatic heterocycles. The highest BCUT2D eigenvalue weighted by molar-refractivity contribution is 5.94. The van der Waals surface area contributed by atoms with Gasteiger partial charge in [0.15, 0.2) is 5.69 Å². The van der Waals surface area contributed by atoms with Gasteiger partial charge < -0.3 is 10.0 Å². The molecule has 5 heteroatoms. The first-order valence-electron chi connectivity index (χ1n) is 9.20. The van der Waals surface area contributed by atoms with Gasteiger partial charge in [0.1, 0.15) is 0 Å². The van der Waals surface area contributed by atoms with Gasteiger partial charge in [-0.3, -0.25) is 4.79 Å². The van der Waals surface area contributed by atoms with Gasteiger partial charge >= 0.3 is 0 Å². The molecule has 132 valence electrons. The molecule has 0 radical (unpaired) electrons. The third-order valence-corrected chi connectivity index (χ3v) is 5.30. The van der Waals surface area contributed by atoms with Crippen LogP contribution in [0.5, 0.6) is 0 Å². The van der Waals surface area contributed by atoms with Crippen molar-refractivity contribution in [2.75, 3.05) is 13.2 Å². The fraction of sp³-hybridized carbons (Fsp3) is 0.500. The second-order valence-corrected chi connectivity index (χ2v) is 7.28. The first-order valence-corrected chi connectivity index (χ1v) is 9.20. The number of carbonyl (C=O) groups is 1. The number of rotatable bonds is 5. The zero-order chi connectivity index (χ0) is 17.6. The number of fused-ring (bicyclic) bond motifs is 1. The van der Waals surface area contributed by atoms with Crippen LogP contribution in [0.2, 0.25) is 0 Å². The van der Waals surface area contributed by atoms with Gasteiger partial charge in [-0.25, -0.2) is 4.68 Å². The lowest BCUT2D eigenvalue weighted by Crippen LogP contribution is -2.36. The van der Waals surface area contributed by atoms with Crippen LogP contribution in [0.4, 0.5) is 0 Å². The van der Waals surface area contributed by atoms with E-state index in [0.717, 1.165) is 43.4 Å². The van der Waals surface area contributed by atoms with Gasteiger partial charge in [-0.1, -0.05) is 17.7 Å². The molecule has 0 atom stereocenters. The lowest BCUT2D eigenvalue weighted by molar-refractivity contribution is 0.0700. The number of aromatic nitrogens is 2. The third-order valence-electron chi connectivity index (χ3n) is 5.30. The number of hydrogen-bond donors (Lipinski definition) is 1. The number of benzene rings is 1. The molecule has 0 unspecified atom stereocenters. The van der Waals surface area contributed by atoms with E-state index in [9.17, 15) is 9.90 Å². The predicted octanol–water partition coefficient (Wildman–Crippen LogP) is 2.57. The average molecular weight is 339 g/mol. The quantitative estimate of drug-likeness (QED) is 0.911. The van der Waals surface area contributed by atoms with E-state index in [1.54, 1.807) is 0 Å². The molecule has 1 saturated carbocycles. The van der Waals surface area contributed by atoms with Gasteiger partial charge in [0.05, 0.1) is 12.3 Å². The van der Waals surface area contributed by atoms with Gasteiger partial charge in [-0.2, -0.15) is 5.10 Å². The van der Waals surface area contributed by atoms with E-state index in [1.165, 1.54) is 16.8 Å².